The molecule has 0 bridgehead atoms. The van der Waals surface area contributed by atoms with Crippen molar-refractivity contribution in [2.75, 3.05) is 20.1 Å². The molecule has 1 aromatic heterocycles. The Bertz CT molecular complexity index is 646. The Labute approximate surface area is 138 Å². The van der Waals surface area contributed by atoms with Crippen molar-refractivity contribution < 1.29 is 0 Å². The predicted octanol–water partition coefficient (Wildman–Crippen LogP) is 2.68. The number of guanidine groups is 1. The van der Waals surface area contributed by atoms with Gasteiger partial charge in [0.2, 0.25) is 0 Å². The fourth-order valence-corrected chi connectivity index (χ4v) is 3.07. The quantitative estimate of drug-likeness (QED) is 0.700. The summed E-state index contributed by atoms with van der Waals surface area (Å²) in [5.74, 6) is 1.73. The van der Waals surface area contributed by atoms with E-state index >= 15 is 0 Å². The van der Waals surface area contributed by atoms with E-state index in [1.54, 1.807) is 0 Å². The molecule has 1 atom stereocenters. The maximum absolute atomic E-state index is 4.44. The maximum Gasteiger partial charge on any atom is 0.193 e. The Morgan fingerprint density at radius 1 is 1.35 bits per heavy atom. The molecule has 0 spiro atoms. The molecule has 0 radical (unpaired) electrons. The van der Waals surface area contributed by atoms with Crippen LogP contribution < -0.4 is 5.32 Å². The van der Waals surface area contributed by atoms with Crippen LogP contribution in [0.25, 0.3) is 5.69 Å². The molecule has 0 amide bonds. The largest absolute Gasteiger partial charge is 0.352 e. The van der Waals surface area contributed by atoms with Crippen molar-refractivity contribution in [3.8, 4) is 5.69 Å². The molecule has 0 saturated carbocycles. The van der Waals surface area contributed by atoms with Crippen molar-refractivity contribution in [1.29, 1.82) is 0 Å². The average molecular weight is 311 g/mol. The number of aliphatic imine (C=N–C) groups is 1. The lowest BCUT2D eigenvalue weighted by atomic mass is 10.0. The summed E-state index contributed by atoms with van der Waals surface area (Å²) in [6.45, 7) is 5.23. The molecule has 1 fully saturated rings. The van der Waals surface area contributed by atoms with Gasteiger partial charge >= 0.3 is 0 Å². The SMILES string of the molecule is CN=C(NCc1cnn(-c2ccccc2)c1)N1CCCC(C)C1. The van der Waals surface area contributed by atoms with Gasteiger partial charge in [-0.3, -0.25) is 4.99 Å². The minimum Gasteiger partial charge on any atom is -0.352 e. The highest BCUT2D eigenvalue weighted by Gasteiger charge is 2.19. The Kier molecular flexibility index (Phi) is 4.95. The van der Waals surface area contributed by atoms with Crippen LogP contribution in [0.5, 0.6) is 0 Å². The minimum atomic E-state index is 0.739. The van der Waals surface area contributed by atoms with E-state index in [0.717, 1.165) is 42.8 Å². The molecular formula is C18H25N5. The molecule has 5 nitrogen and oxygen atoms in total. The van der Waals surface area contributed by atoms with Gasteiger partial charge in [0.25, 0.3) is 0 Å². The molecule has 1 unspecified atom stereocenters. The van der Waals surface area contributed by atoms with Gasteiger partial charge in [-0.25, -0.2) is 4.68 Å². The molecular weight excluding hydrogens is 286 g/mol. The monoisotopic (exact) mass is 311 g/mol. The van der Waals surface area contributed by atoms with Crippen molar-refractivity contribution in [3.05, 3.63) is 48.3 Å². The number of likely N-dealkylation sites (tertiary alicyclic amines) is 1. The summed E-state index contributed by atoms with van der Waals surface area (Å²) in [7, 11) is 1.86. The van der Waals surface area contributed by atoms with E-state index in [2.05, 4.69) is 45.6 Å². The topological polar surface area (TPSA) is 45.5 Å². The molecule has 2 heterocycles. The number of rotatable bonds is 3. The summed E-state index contributed by atoms with van der Waals surface area (Å²) in [5.41, 5.74) is 2.23. The number of para-hydroxylation sites is 1. The van der Waals surface area contributed by atoms with Crippen LogP contribution in [0.1, 0.15) is 25.3 Å². The Hall–Kier alpha value is -2.30. The van der Waals surface area contributed by atoms with E-state index in [0.29, 0.717) is 0 Å². The normalized spacial score (nSPS) is 19.0. The van der Waals surface area contributed by atoms with E-state index in [1.807, 2.05) is 36.1 Å². The maximum atomic E-state index is 4.44. The second-order valence-electron chi connectivity index (χ2n) is 6.22. The first-order valence-corrected chi connectivity index (χ1v) is 8.31. The lowest BCUT2D eigenvalue weighted by Crippen LogP contribution is -2.45. The molecule has 3 rings (SSSR count). The first-order chi connectivity index (χ1) is 11.3. The second-order valence-corrected chi connectivity index (χ2v) is 6.22. The lowest BCUT2D eigenvalue weighted by molar-refractivity contribution is 0.266. The zero-order valence-electron chi connectivity index (χ0n) is 13.9. The Morgan fingerprint density at radius 2 is 2.17 bits per heavy atom. The van der Waals surface area contributed by atoms with Gasteiger partial charge in [-0.1, -0.05) is 25.1 Å². The van der Waals surface area contributed by atoms with Crippen LogP contribution in [-0.4, -0.2) is 40.8 Å². The third-order valence-corrected chi connectivity index (χ3v) is 4.28. The molecule has 122 valence electrons. The zero-order valence-corrected chi connectivity index (χ0v) is 13.9. The summed E-state index contributed by atoms with van der Waals surface area (Å²) >= 11 is 0. The van der Waals surface area contributed by atoms with Gasteiger partial charge in [-0.05, 0) is 30.9 Å². The molecule has 5 heteroatoms. The molecule has 1 N–H and O–H groups in total. The van der Waals surface area contributed by atoms with Crippen LogP contribution in [0.3, 0.4) is 0 Å². The predicted molar refractivity (Wildman–Crippen MR) is 93.7 cm³/mol. The van der Waals surface area contributed by atoms with E-state index in [1.165, 1.54) is 12.8 Å². The fourth-order valence-electron chi connectivity index (χ4n) is 3.07. The number of hydrogen-bond acceptors (Lipinski definition) is 2. The van der Waals surface area contributed by atoms with Crippen LogP contribution in [0.15, 0.2) is 47.7 Å². The highest BCUT2D eigenvalue weighted by atomic mass is 15.3. The smallest absolute Gasteiger partial charge is 0.193 e. The van der Waals surface area contributed by atoms with Crippen LogP contribution >= 0.6 is 0 Å². The van der Waals surface area contributed by atoms with Crippen molar-refractivity contribution in [2.45, 2.75) is 26.3 Å². The first-order valence-electron chi connectivity index (χ1n) is 8.31. The summed E-state index contributed by atoms with van der Waals surface area (Å²) in [6, 6.07) is 10.2. The van der Waals surface area contributed by atoms with Crippen LogP contribution in [0.4, 0.5) is 0 Å². The Balaban J connectivity index is 1.60. The van der Waals surface area contributed by atoms with Crippen molar-refractivity contribution in [3.63, 3.8) is 0 Å². The molecule has 1 saturated heterocycles. The summed E-state index contributed by atoms with van der Waals surface area (Å²) in [5, 5.41) is 7.90. The third kappa shape index (κ3) is 3.92. The fraction of sp³-hybridized carbons (Fsp3) is 0.444. The molecule has 1 aliphatic heterocycles. The van der Waals surface area contributed by atoms with E-state index in [-0.39, 0.29) is 0 Å². The first kappa shape index (κ1) is 15.6. The Morgan fingerprint density at radius 3 is 2.91 bits per heavy atom. The van der Waals surface area contributed by atoms with Gasteiger partial charge in [0, 0.05) is 38.4 Å². The highest BCUT2D eigenvalue weighted by molar-refractivity contribution is 5.79. The van der Waals surface area contributed by atoms with Crippen molar-refractivity contribution in [2.24, 2.45) is 10.9 Å². The van der Waals surface area contributed by atoms with Crippen LogP contribution in [0.2, 0.25) is 0 Å². The lowest BCUT2D eigenvalue weighted by Gasteiger charge is -2.33. The molecule has 2 aromatic rings. The van der Waals surface area contributed by atoms with Gasteiger partial charge in [0.05, 0.1) is 11.9 Å². The van der Waals surface area contributed by atoms with Gasteiger partial charge < -0.3 is 10.2 Å². The summed E-state index contributed by atoms with van der Waals surface area (Å²) < 4.78 is 1.91. The number of nitrogens with one attached hydrogen (secondary N) is 1. The molecule has 0 aliphatic carbocycles. The van der Waals surface area contributed by atoms with Gasteiger partial charge in [0.1, 0.15) is 0 Å². The van der Waals surface area contributed by atoms with Gasteiger partial charge in [-0.15, -0.1) is 0 Å². The number of nitrogens with zero attached hydrogens (tertiary/aromatic N) is 4. The van der Waals surface area contributed by atoms with E-state index < -0.39 is 0 Å². The number of hydrogen-bond donors (Lipinski definition) is 1. The number of benzene rings is 1. The average Bonchev–Trinajstić information content (AvgIpc) is 3.05. The van der Waals surface area contributed by atoms with E-state index in [4.69, 9.17) is 0 Å². The van der Waals surface area contributed by atoms with Crippen molar-refractivity contribution >= 4 is 5.96 Å². The highest BCUT2D eigenvalue weighted by Crippen LogP contribution is 2.15. The number of aromatic nitrogens is 2. The zero-order chi connectivity index (χ0) is 16.1. The second kappa shape index (κ2) is 7.31. The molecule has 1 aromatic carbocycles. The van der Waals surface area contributed by atoms with Gasteiger partial charge in [0.15, 0.2) is 5.96 Å². The van der Waals surface area contributed by atoms with Crippen LogP contribution in [0, 0.1) is 5.92 Å². The molecule has 23 heavy (non-hydrogen) atoms. The van der Waals surface area contributed by atoms with Crippen LogP contribution in [-0.2, 0) is 6.54 Å². The van der Waals surface area contributed by atoms with E-state index in [9.17, 15) is 0 Å². The third-order valence-electron chi connectivity index (χ3n) is 4.28. The van der Waals surface area contributed by atoms with Crippen molar-refractivity contribution in [1.82, 2.24) is 20.0 Å². The standard InChI is InChI=1S/C18H25N5/c1-15-7-6-10-22(13-15)18(19-2)20-11-16-12-21-23(14-16)17-8-4-3-5-9-17/h3-5,8-9,12,14-15H,6-7,10-11,13H2,1-2H3,(H,19,20). The summed E-state index contributed by atoms with van der Waals surface area (Å²) in [4.78, 5) is 6.79. The minimum absolute atomic E-state index is 0.739. The summed E-state index contributed by atoms with van der Waals surface area (Å²) in [6.07, 6.45) is 6.53. The van der Waals surface area contributed by atoms with Gasteiger partial charge in [-0.2, -0.15) is 5.10 Å². The number of piperidine rings is 1. The molecule has 1 aliphatic rings.